The molecule has 1 aliphatic rings. The summed E-state index contributed by atoms with van der Waals surface area (Å²) in [6.07, 6.45) is 2.88. The summed E-state index contributed by atoms with van der Waals surface area (Å²) in [5, 5.41) is 18.0. The Balaban J connectivity index is 2.10. The number of hydrogen-bond donors (Lipinski definition) is 3. The Kier molecular flexibility index (Phi) is 6.40. The van der Waals surface area contributed by atoms with Crippen LogP contribution in [0.4, 0.5) is 0 Å². The largest absolute Gasteiger partial charge is 0.478 e. The van der Waals surface area contributed by atoms with Gasteiger partial charge in [0, 0.05) is 17.7 Å². The molecule has 1 heterocycles. The van der Waals surface area contributed by atoms with Gasteiger partial charge in [-0.25, -0.2) is 26.8 Å². The molecule has 4 N–H and O–H groups in total. The van der Waals surface area contributed by atoms with Crippen LogP contribution in [0.1, 0.15) is 42.6 Å². The van der Waals surface area contributed by atoms with Gasteiger partial charge in [0.1, 0.15) is 21.3 Å². The first-order valence-electron chi connectivity index (χ1n) is 9.87. The van der Waals surface area contributed by atoms with Crippen molar-refractivity contribution in [2.45, 2.75) is 47.9 Å². The first-order chi connectivity index (χ1) is 14.7. The summed E-state index contributed by atoms with van der Waals surface area (Å²) >= 11 is 0. The number of hydrogen-bond acceptors (Lipinski definition) is 7. The van der Waals surface area contributed by atoms with Crippen LogP contribution in [-0.2, 0) is 25.3 Å². The number of carbonyl (C=O) groups is 1. The predicted octanol–water partition coefficient (Wildman–Crippen LogP) is 2.26. The topological polar surface area (TPSA) is 153 Å². The Morgan fingerprint density at radius 2 is 1.72 bits per heavy atom. The van der Waals surface area contributed by atoms with E-state index in [1.54, 1.807) is 6.07 Å². The number of nitrogens with two attached hydrogens (primary N) is 1. The van der Waals surface area contributed by atoms with E-state index in [0.29, 0.717) is 0 Å². The third kappa shape index (κ3) is 4.96. The maximum atomic E-state index is 12.4. The van der Waals surface area contributed by atoms with Crippen LogP contribution in [0.3, 0.4) is 0 Å². The lowest BCUT2D eigenvalue weighted by atomic mass is 9.77. The van der Waals surface area contributed by atoms with E-state index in [0.717, 1.165) is 37.3 Å². The highest BCUT2D eigenvalue weighted by Gasteiger charge is 2.34. The molecule has 32 heavy (non-hydrogen) atoms. The van der Waals surface area contributed by atoms with E-state index in [9.17, 15) is 21.6 Å². The molecule has 0 amide bonds. The molecule has 2 aromatic carbocycles. The number of benzene rings is 2. The van der Waals surface area contributed by atoms with Crippen molar-refractivity contribution >= 4 is 25.8 Å². The lowest BCUT2D eigenvalue weighted by molar-refractivity contribution is 0.0696. The minimum atomic E-state index is -4.22. The van der Waals surface area contributed by atoms with Crippen molar-refractivity contribution in [3.8, 4) is 11.5 Å². The van der Waals surface area contributed by atoms with Gasteiger partial charge < -0.3 is 15.2 Å². The lowest BCUT2D eigenvalue weighted by Gasteiger charge is -2.33. The standard InChI is InChI=1S/C21H26N2O7S2/c1-21(2,19-5-4-10-23-19)14-7-9-16(18(12-14)32(22,28)29)30-15-8-6-13(20(24)25)11-17(15)31(3,26)27/h6-9,11-12,19,23H,4-5,10H2,1-3H3,(H,24,25)(H2,22,28,29). The van der Waals surface area contributed by atoms with Crippen LogP contribution in [0.15, 0.2) is 46.2 Å². The zero-order chi connectivity index (χ0) is 23.9. The Bertz CT molecular complexity index is 1260. The van der Waals surface area contributed by atoms with Gasteiger partial charge in [-0.2, -0.15) is 0 Å². The van der Waals surface area contributed by atoms with Gasteiger partial charge in [-0.05, 0) is 55.3 Å². The van der Waals surface area contributed by atoms with Gasteiger partial charge in [-0.15, -0.1) is 0 Å². The minimum absolute atomic E-state index is 0.153. The van der Waals surface area contributed by atoms with E-state index < -0.39 is 31.2 Å². The summed E-state index contributed by atoms with van der Waals surface area (Å²) in [6.45, 7) is 4.90. The van der Waals surface area contributed by atoms with Crippen LogP contribution in [0, 0.1) is 0 Å². The summed E-state index contributed by atoms with van der Waals surface area (Å²) in [6, 6.07) is 8.06. The summed E-state index contributed by atoms with van der Waals surface area (Å²) in [5.41, 5.74) is 0.0960. The second-order valence-electron chi connectivity index (χ2n) is 8.42. The van der Waals surface area contributed by atoms with Gasteiger partial charge >= 0.3 is 5.97 Å². The molecule has 1 fully saturated rings. The van der Waals surface area contributed by atoms with E-state index in [2.05, 4.69) is 5.32 Å². The maximum Gasteiger partial charge on any atom is 0.335 e. The molecule has 1 unspecified atom stereocenters. The lowest BCUT2D eigenvalue weighted by Crippen LogP contribution is -2.40. The molecule has 11 heteroatoms. The Morgan fingerprint density at radius 3 is 2.25 bits per heavy atom. The van der Waals surface area contributed by atoms with Crippen LogP contribution in [0.2, 0.25) is 0 Å². The fraction of sp³-hybridized carbons (Fsp3) is 0.381. The number of carboxylic acids is 1. The van der Waals surface area contributed by atoms with Crippen molar-refractivity contribution in [3.63, 3.8) is 0 Å². The zero-order valence-corrected chi connectivity index (χ0v) is 19.6. The molecule has 0 spiro atoms. The molecular weight excluding hydrogens is 456 g/mol. The van der Waals surface area contributed by atoms with Crippen molar-refractivity contribution in [1.29, 1.82) is 0 Å². The smallest absolute Gasteiger partial charge is 0.335 e. The average Bonchev–Trinajstić information content (AvgIpc) is 3.22. The molecule has 1 aliphatic heterocycles. The molecule has 0 aliphatic carbocycles. The number of sulfonamides is 1. The molecule has 0 aromatic heterocycles. The molecule has 1 saturated heterocycles. The quantitative estimate of drug-likeness (QED) is 0.543. The Labute approximate surface area is 187 Å². The van der Waals surface area contributed by atoms with Gasteiger partial charge in [-0.3, -0.25) is 0 Å². The zero-order valence-electron chi connectivity index (χ0n) is 18.0. The number of sulfone groups is 1. The maximum absolute atomic E-state index is 12.4. The SMILES string of the molecule is CC(C)(c1ccc(Oc2ccc(C(=O)O)cc2S(C)(=O)=O)c(S(N)(=O)=O)c1)C1CCCN1. The van der Waals surface area contributed by atoms with E-state index in [4.69, 9.17) is 15.0 Å². The van der Waals surface area contributed by atoms with Crippen LogP contribution in [0.25, 0.3) is 0 Å². The molecule has 0 saturated carbocycles. The van der Waals surface area contributed by atoms with Crippen molar-refractivity contribution in [2.75, 3.05) is 12.8 Å². The van der Waals surface area contributed by atoms with E-state index >= 15 is 0 Å². The molecule has 2 aromatic rings. The van der Waals surface area contributed by atoms with Crippen LogP contribution in [-0.4, -0.2) is 46.8 Å². The minimum Gasteiger partial charge on any atom is -0.478 e. The fourth-order valence-corrected chi connectivity index (χ4v) is 5.35. The molecule has 9 nitrogen and oxygen atoms in total. The summed E-state index contributed by atoms with van der Waals surface area (Å²) < 4.78 is 54.8. The van der Waals surface area contributed by atoms with E-state index in [1.165, 1.54) is 24.3 Å². The normalized spacial score (nSPS) is 17.3. The van der Waals surface area contributed by atoms with Crippen molar-refractivity contribution in [2.24, 2.45) is 5.14 Å². The number of ether oxygens (including phenoxy) is 1. The summed E-state index contributed by atoms with van der Waals surface area (Å²) in [4.78, 5) is 10.6. The van der Waals surface area contributed by atoms with E-state index in [-0.39, 0.29) is 32.9 Å². The van der Waals surface area contributed by atoms with Crippen molar-refractivity contribution < 1.29 is 31.5 Å². The molecule has 174 valence electrons. The summed E-state index contributed by atoms with van der Waals surface area (Å²) in [5.74, 6) is -1.66. The van der Waals surface area contributed by atoms with Gasteiger partial charge in [0.15, 0.2) is 9.84 Å². The van der Waals surface area contributed by atoms with Crippen molar-refractivity contribution in [3.05, 3.63) is 47.5 Å². The highest BCUT2D eigenvalue weighted by Crippen LogP contribution is 2.38. The van der Waals surface area contributed by atoms with Gasteiger partial charge in [0.2, 0.25) is 10.0 Å². The third-order valence-corrected chi connectivity index (χ3v) is 7.79. The van der Waals surface area contributed by atoms with Gasteiger partial charge in [0.25, 0.3) is 0 Å². The first-order valence-corrected chi connectivity index (χ1v) is 13.3. The highest BCUT2D eigenvalue weighted by molar-refractivity contribution is 7.90. The molecular formula is C21H26N2O7S2. The molecule has 1 atom stereocenters. The van der Waals surface area contributed by atoms with Gasteiger partial charge in [0.05, 0.1) is 5.56 Å². The highest BCUT2D eigenvalue weighted by atomic mass is 32.2. The number of carboxylic acid groups (broad SMARTS) is 1. The third-order valence-electron chi connectivity index (χ3n) is 5.74. The van der Waals surface area contributed by atoms with E-state index in [1.807, 2.05) is 13.8 Å². The number of primary sulfonamides is 1. The Hall–Kier alpha value is -2.47. The molecule has 0 bridgehead atoms. The average molecular weight is 483 g/mol. The summed E-state index contributed by atoms with van der Waals surface area (Å²) in [7, 11) is -8.10. The number of aromatic carboxylic acids is 1. The molecule has 0 radical (unpaired) electrons. The monoisotopic (exact) mass is 482 g/mol. The van der Waals surface area contributed by atoms with Crippen LogP contribution < -0.4 is 15.2 Å². The number of nitrogens with one attached hydrogen (secondary N) is 1. The second-order valence-corrected chi connectivity index (χ2v) is 11.9. The number of rotatable bonds is 7. The van der Waals surface area contributed by atoms with Crippen molar-refractivity contribution in [1.82, 2.24) is 5.32 Å². The van der Waals surface area contributed by atoms with Crippen LogP contribution in [0.5, 0.6) is 11.5 Å². The van der Waals surface area contributed by atoms with Crippen LogP contribution >= 0.6 is 0 Å². The molecule has 3 rings (SSSR count). The predicted molar refractivity (Wildman–Crippen MR) is 118 cm³/mol. The fourth-order valence-electron chi connectivity index (χ4n) is 3.85. The Morgan fingerprint density at radius 1 is 1.09 bits per heavy atom. The van der Waals surface area contributed by atoms with Gasteiger partial charge in [-0.1, -0.05) is 19.9 Å². The first kappa shape index (κ1) is 24.2. The second kappa shape index (κ2) is 8.47.